The van der Waals surface area contributed by atoms with Gasteiger partial charge in [-0.2, -0.15) is 0 Å². The summed E-state index contributed by atoms with van der Waals surface area (Å²) in [5, 5.41) is 3.53. The first-order chi connectivity index (χ1) is 17.1. The van der Waals surface area contributed by atoms with Crippen molar-refractivity contribution in [3.63, 3.8) is 0 Å². The Hall–Kier alpha value is -3.20. The lowest BCUT2D eigenvalue weighted by Crippen LogP contribution is -2.47. The molecule has 0 saturated carbocycles. The van der Waals surface area contributed by atoms with Gasteiger partial charge in [-0.05, 0) is 59.1 Å². The van der Waals surface area contributed by atoms with E-state index in [0.717, 1.165) is 48.7 Å². The Morgan fingerprint density at radius 2 is 1.94 bits per heavy atom. The van der Waals surface area contributed by atoms with Crippen molar-refractivity contribution >= 4 is 34.3 Å². The van der Waals surface area contributed by atoms with Crippen LogP contribution in [0, 0.1) is 6.92 Å². The van der Waals surface area contributed by atoms with Gasteiger partial charge in [-0.25, -0.2) is 14.8 Å². The van der Waals surface area contributed by atoms with E-state index in [2.05, 4.69) is 32.3 Å². The highest BCUT2D eigenvalue weighted by molar-refractivity contribution is 7.15. The van der Waals surface area contributed by atoms with Crippen molar-refractivity contribution in [1.29, 1.82) is 0 Å². The number of hydrogen-bond acceptors (Lipinski definition) is 7. The van der Waals surface area contributed by atoms with E-state index in [9.17, 15) is 9.59 Å². The van der Waals surface area contributed by atoms with Gasteiger partial charge in [0.1, 0.15) is 11.4 Å². The Balaban J connectivity index is 1.31. The minimum atomic E-state index is -0.505. The van der Waals surface area contributed by atoms with Crippen LogP contribution in [0.1, 0.15) is 66.9 Å². The van der Waals surface area contributed by atoms with Crippen LogP contribution in [-0.2, 0) is 4.74 Å². The molecule has 1 N–H and O–H groups in total. The number of thiazole rings is 1. The van der Waals surface area contributed by atoms with Crippen molar-refractivity contribution in [1.82, 2.24) is 14.9 Å². The molecule has 1 atom stereocenters. The molecular weight excluding hydrogens is 474 g/mol. The fourth-order valence-corrected chi connectivity index (χ4v) is 5.31. The van der Waals surface area contributed by atoms with Gasteiger partial charge in [0, 0.05) is 43.2 Å². The number of carbonyl (C=O) groups is 2. The average Bonchev–Trinajstić information content (AvgIpc) is 3.23. The number of anilines is 2. The minimum Gasteiger partial charge on any atom is -0.444 e. The van der Waals surface area contributed by atoms with Gasteiger partial charge < -0.3 is 14.5 Å². The Morgan fingerprint density at radius 3 is 2.56 bits per heavy atom. The summed E-state index contributed by atoms with van der Waals surface area (Å²) in [6, 6.07) is 3.81. The van der Waals surface area contributed by atoms with Gasteiger partial charge in [0.25, 0.3) is 5.91 Å². The van der Waals surface area contributed by atoms with E-state index in [0.29, 0.717) is 10.7 Å². The van der Waals surface area contributed by atoms with Crippen LogP contribution in [0.4, 0.5) is 15.7 Å². The van der Waals surface area contributed by atoms with Gasteiger partial charge in [-0.1, -0.05) is 24.3 Å². The van der Waals surface area contributed by atoms with Gasteiger partial charge in [-0.15, -0.1) is 11.3 Å². The van der Waals surface area contributed by atoms with Crippen molar-refractivity contribution in [2.75, 3.05) is 30.4 Å². The molecule has 36 heavy (non-hydrogen) atoms. The maximum Gasteiger partial charge on any atom is 0.410 e. The van der Waals surface area contributed by atoms with E-state index < -0.39 is 5.60 Å². The molecule has 2 aromatic rings. The number of hydrogen-bond donors (Lipinski definition) is 1. The largest absolute Gasteiger partial charge is 0.444 e. The monoisotopic (exact) mass is 509 g/mol. The summed E-state index contributed by atoms with van der Waals surface area (Å²) in [6.45, 7) is 9.22. The van der Waals surface area contributed by atoms with Crippen LogP contribution in [0.2, 0.25) is 0 Å². The molecule has 0 aromatic carbocycles. The molecule has 2 aromatic heterocycles. The summed E-state index contributed by atoms with van der Waals surface area (Å²) >= 11 is 1.50. The summed E-state index contributed by atoms with van der Waals surface area (Å²) < 4.78 is 5.49. The van der Waals surface area contributed by atoms with Gasteiger partial charge >= 0.3 is 6.09 Å². The Morgan fingerprint density at radius 1 is 1.19 bits per heavy atom. The van der Waals surface area contributed by atoms with Gasteiger partial charge in [-0.3, -0.25) is 10.1 Å². The number of amides is 2. The van der Waals surface area contributed by atoms with Crippen molar-refractivity contribution in [3.8, 4) is 0 Å². The highest BCUT2D eigenvalue weighted by Gasteiger charge is 2.29. The predicted octanol–water partition coefficient (Wildman–Crippen LogP) is 5.53. The number of pyridine rings is 1. The zero-order valence-corrected chi connectivity index (χ0v) is 22.5. The predicted molar refractivity (Wildman–Crippen MR) is 144 cm³/mol. The first kappa shape index (κ1) is 25.9. The minimum absolute atomic E-state index is 0.132. The lowest BCUT2D eigenvalue weighted by atomic mass is 9.97. The van der Waals surface area contributed by atoms with Crippen molar-refractivity contribution in [2.24, 2.45) is 0 Å². The third-order valence-electron chi connectivity index (χ3n) is 6.41. The molecule has 2 amide bonds. The van der Waals surface area contributed by atoms with Gasteiger partial charge in [0.2, 0.25) is 0 Å². The van der Waals surface area contributed by atoms with E-state index in [1.807, 2.05) is 45.9 Å². The van der Waals surface area contributed by atoms with Crippen molar-refractivity contribution in [2.45, 2.75) is 64.5 Å². The maximum atomic E-state index is 12.8. The van der Waals surface area contributed by atoms with Crippen LogP contribution >= 0.6 is 11.3 Å². The third kappa shape index (κ3) is 6.32. The normalized spacial score (nSPS) is 18.2. The molecule has 1 unspecified atom stereocenters. The standard InChI is InChI=1S/C27H35N5O3S/c1-18-23(19-9-7-6-8-10-19)29-25(36-18)30-24(33)20-11-12-22(28-17-20)32-15-13-21(14-16-32)31(5)26(34)35-27(2,3)4/h6-9,11-12,17,19,21H,10,13-16H2,1-5H3,(H,29,30,33). The second kappa shape index (κ2) is 10.8. The SMILES string of the molecule is Cc1sc(NC(=O)c2ccc(N3CCC(N(C)C(=O)OC(C)(C)C)CC3)nc2)nc1C1C=CC=CC1. The topological polar surface area (TPSA) is 87.7 Å². The van der Waals surface area contributed by atoms with E-state index >= 15 is 0 Å². The number of aryl methyl sites for hydroxylation is 1. The number of ether oxygens (including phenoxy) is 1. The average molecular weight is 510 g/mol. The van der Waals surface area contributed by atoms with Crippen molar-refractivity contribution in [3.05, 3.63) is 58.8 Å². The number of carbonyl (C=O) groups excluding carboxylic acids is 2. The molecule has 1 saturated heterocycles. The number of aromatic nitrogens is 2. The Kier molecular flexibility index (Phi) is 7.78. The third-order valence-corrected chi connectivity index (χ3v) is 7.31. The highest BCUT2D eigenvalue weighted by atomic mass is 32.1. The summed E-state index contributed by atoms with van der Waals surface area (Å²) in [5.41, 5.74) is 1.01. The molecule has 3 heterocycles. The fraction of sp³-hybridized carbons (Fsp3) is 0.481. The maximum absolute atomic E-state index is 12.8. The molecule has 0 bridgehead atoms. The number of nitrogens with zero attached hydrogens (tertiary/aromatic N) is 4. The molecule has 0 radical (unpaired) electrons. The Labute approximate surface area is 217 Å². The van der Waals surface area contributed by atoms with E-state index in [1.165, 1.54) is 11.3 Å². The fourth-order valence-electron chi connectivity index (χ4n) is 4.43. The number of allylic oxidation sites excluding steroid dienone is 4. The van der Waals surface area contributed by atoms with Crippen LogP contribution in [0.25, 0.3) is 0 Å². The molecule has 4 rings (SSSR count). The van der Waals surface area contributed by atoms with E-state index in [1.54, 1.807) is 24.2 Å². The zero-order valence-electron chi connectivity index (χ0n) is 21.7. The molecule has 192 valence electrons. The number of nitrogens with one attached hydrogen (secondary N) is 1. The smallest absolute Gasteiger partial charge is 0.410 e. The second-order valence-electron chi connectivity index (χ2n) is 10.3. The van der Waals surface area contributed by atoms with Crippen LogP contribution in [0.3, 0.4) is 0 Å². The van der Waals surface area contributed by atoms with Crippen LogP contribution in [0.15, 0.2) is 42.6 Å². The lowest BCUT2D eigenvalue weighted by Gasteiger charge is -2.37. The zero-order chi connectivity index (χ0) is 25.9. The summed E-state index contributed by atoms with van der Waals surface area (Å²) in [6.07, 6.45) is 12.3. The van der Waals surface area contributed by atoms with Gasteiger partial charge in [0.15, 0.2) is 5.13 Å². The quantitative estimate of drug-likeness (QED) is 0.570. The highest BCUT2D eigenvalue weighted by Crippen LogP contribution is 2.32. The van der Waals surface area contributed by atoms with Crippen LogP contribution in [-0.4, -0.2) is 58.6 Å². The molecule has 1 aliphatic carbocycles. The van der Waals surface area contributed by atoms with Gasteiger partial charge in [0.05, 0.1) is 11.3 Å². The molecule has 9 heteroatoms. The number of rotatable bonds is 5. The van der Waals surface area contributed by atoms with Crippen molar-refractivity contribution < 1.29 is 14.3 Å². The second-order valence-corrected chi connectivity index (χ2v) is 11.5. The molecule has 1 aliphatic heterocycles. The summed E-state index contributed by atoms with van der Waals surface area (Å²) in [7, 11) is 1.80. The Bertz CT molecular complexity index is 1140. The first-order valence-electron chi connectivity index (χ1n) is 12.4. The molecule has 8 nitrogen and oxygen atoms in total. The molecular formula is C27H35N5O3S. The molecule has 1 fully saturated rings. The summed E-state index contributed by atoms with van der Waals surface area (Å²) in [5.74, 6) is 0.867. The first-order valence-corrected chi connectivity index (χ1v) is 13.2. The van der Waals surface area contributed by atoms with E-state index in [-0.39, 0.29) is 24.0 Å². The van der Waals surface area contributed by atoms with Crippen LogP contribution < -0.4 is 10.2 Å². The lowest BCUT2D eigenvalue weighted by molar-refractivity contribution is 0.0200. The van der Waals surface area contributed by atoms with Crippen LogP contribution in [0.5, 0.6) is 0 Å². The molecule has 2 aliphatic rings. The number of piperidine rings is 1. The summed E-state index contributed by atoms with van der Waals surface area (Å²) in [4.78, 5) is 39.4. The van der Waals surface area contributed by atoms with E-state index in [4.69, 9.17) is 4.74 Å². The molecule has 0 spiro atoms.